The predicted molar refractivity (Wildman–Crippen MR) is 191 cm³/mol. The summed E-state index contributed by atoms with van der Waals surface area (Å²) in [6.07, 6.45) is 0.215. The lowest BCUT2D eigenvalue weighted by Gasteiger charge is -2.35. The van der Waals surface area contributed by atoms with Gasteiger partial charge in [0.1, 0.15) is 18.3 Å². The van der Waals surface area contributed by atoms with Crippen LogP contribution in [0.4, 0.5) is 5.69 Å². The van der Waals surface area contributed by atoms with E-state index in [0.717, 1.165) is 15.4 Å². The van der Waals surface area contributed by atoms with E-state index in [1.165, 1.54) is 37.3 Å². The van der Waals surface area contributed by atoms with E-state index < -0.39 is 34.1 Å². The molecular weight excluding hydrogens is 642 g/mol. The van der Waals surface area contributed by atoms with Crippen molar-refractivity contribution >= 4 is 27.5 Å². The van der Waals surface area contributed by atoms with Crippen molar-refractivity contribution in [3.63, 3.8) is 0 Å². The van der Waals surface area contributed by atoms with Gasteiger partial charge in [0.05, 0.1) is 31.4 Å². The number of hydrogen-bond acceptors (Lipinski definition) is 7. The highest BCUT2D eigenvalue weighted by atomic mass is 32.2. The Balaban J connectivity index is 1.83. The van der Waals surface area contributed by atoms with Gasteiger partial charge in [-0.3, -0.25) is 13.9 Å². The SMILES string of the molecule is CCOc1ccc(N(CC(=O)N(Cc2ccccc2)[C@@H](Cc2ccccc2)C(=O)NC(C)(C)C)S(=O)(=O)c2ccc(OC)c(OC)c2)cc1. The summed E-state index contributed by atoms with van der Waals surface area (Å²) < 4.78 is 46.3. The minimum atomic E-state index is -4.36. The van der Waals surface area contributed by atoms with Gasteiger partial charge in [-0.1, -0.05) is 60.7 Å². The fourth-order valence-electron chi connectivity index (χ4n) is 5.30. The van der Waals surface area contributed by atoms with Crippen LogP contribution >= 0.6 is 0 Å². The highest BCUT2D eigenvalue weighted by molar-refractivity contribution is 7.92. The summed E-state index contributed by atoms with van der Waals surface area (Å²) in [5, 5.41) is 3.04. The van der Waals surface area contributed by atoms with Crippen molar-refractivity contribution in [2.45, 2.75) is 57.1 Å². The van der Waals surface area contributed by atoms with Crippen LogP contribution in [-0.4, -0.2) is 64.1 Å². The molecule has 0 spiro atoms. The zero-order valence-corrected chi connectivity index (χ0v) is 29.7. The Bertz CT molecular complexity index is 1790. The highest BCUT2D eigenvalue weighted by Crippen LogP contribution is 2.33. The maximum atomic E-state index is 14.7. The van der Waals surface area contributed by atoms with Crippen molar-refractivity contribution < 1.29 is 32.2 Å². The molecule has 1 N–H and O–H groups in total. The number of carbonyl (C=O) groups excluding carboxylic acids is 2. The van der Waals surface area contributed by atoms with Gasteiger partial charge in [-0.25, -0.2) is 8.42 Å². The number of carbonyl (C=O) groups is 2. The van der Waals surface area contributed by atoms with E-state index in [2.05, 4.69) is 5.32 Å². The molecule has 2 amide bonds. The first-order chi connectivity index (χ1) is 23.4. The highest BCUT2D eigenvalue weighted by Gasteiger charge is 2.36. The van der Waals surface area contributed by atoms with E-state index in [9.17, 15) is 18.0 Å². The van der Waals surface area contributed by atoms with Gasteiger partial charge in [0, 0.05) is 24.6 Å². The van der Waals surface area contributed by atoms with Crippen LogP contribution < -0.4 is 23.8 Å². The molecule has 0 aliphatic rings. The van der Waals surface area contributed by atoms with Crippen LogP contribution in [0.3, 0.4) is 0 Å². The first-order valence-corrected chi connectivity index (χ1v) is 17.5. The molecular formula is C38H45N3O7S. The smallest absolute Gasteiger partial charge is 0.264 e. The molecule has 4 rings (SSSR count). The van der Waals surface area contributed by atoms with Gasteiger partial charge in [0.15, 0.2) is 11.5 Å². The second kappa shape index (κ2) is 16.4. The van der Waals surface area contributed by atoms with E-state index in [4.69, 9.17) is 14.2 Å². The summed E-state index contributed by atoms with van der Waals surface area (Å²) in [5.41, 5.74) is 1.29. The second-order valence-electron chi connectivity index (χ2n) is 12.4. The average Bonchev–Trinajstić information content (AvgIpc) is 3.09. The Morgan fingerprint density at radius 2 is 1.39 bits per heavy atom. The lowest BCUT2D eigenvalue weighted by atomic mass is 10.0. The number of benzene rings is 4. The van der Waals surface area contributed by atoms with Crippen molar-refractivity contribution in [1.29, 1.82) is 0 Å². The fraction of sp³-hybridized carbons (Fsp3) is 0.316. The van der Waals surface area contributed by atoms with Gasteiger partial charge >= 0.3 is 0 Å². The average molecular weight is 688 g/mol. The molecule has 0 radical (unpaired) electrons. The Morgan fingerprint density at radius 1 is 0.796 bits per heavy atom. The normalized spacial score (nSPS) is 12.0. The molecule has 0 saturated carbocycles. The van der Waals surface area contributed by atoms with Crippen molar-refractivity contribution in [2.75, 3.05) is 31.7 Å². The van der Waals surface area contributed by atoms with Gasteiger partial charge in [0.2, 0.25) is 11.8 Å². The van der Waals surface area contributed by atoms with E-state index >= 15 is 0 Å². The standard InChI is InChI=1S/C38H45N3O7S/c1-7-48-31-20-18-30(19-21-31)41(49(44,45)32-22-23-34(46-5)35(25-32)47-6)27-36(42)40(26-29-16-12-9-13-17-29)33(37(43)39-38(2,3)4)24-28-14-10-8-11-15-28/h8-23,25,33H,7,24,26-27H2,1-6H3,(H,39,43)/t33-/m0/s1. The van der Waals surface area contributed by atoms with Gasteiger partial charge in [-0.2, -0.15) is 0 Å². The first-order valence-electron chi connectivity index (χ1n) is 16.0. The molecule has 0 bridgehead atoms. The summed E-state index contributed by atoms with van der Waals surface area (Å²) in [7, 11) is -1.49. The van der Waals surface area contributed by atoms with Crippen molar-refractivity contribution in [3.05, 3.63) is 114 Å². The molecule has 0 fully saturated rings. The minimum absolute atomic E-state index is 0.0717. The molecule has 0 saturated heterocycles. The third-order valence-electron chi connectivity index (χ3n) is 7.62. The maximum Gasteiger partial charge on any atom is 0.264 e. The third kappa shape index (κ3) is 9.76. The molecule has 0 aliphatic heterocycles. The summed E-state index contributed by atoms with van der Waals surface area (Å²) in [6.45, 7) is 7.38. The summed E-state index contributed by atoms with van der Waals surface area (Å²) in [6, 6.07) is 28.5. The number of amides is 2. The number of rotatable bonds is 15. The topological polar surface area (TPSA) is 114 Å². The zero-order chi connectivity index (χ0) is 35.6. The molecule has 1 atom stereocenters. The maximum absolute atomic E-state index is 14.7. The van der Waals surface area contributed by atoms with Crippen LogP contribution in [0.25, 0.3) is 0 Å². The van der Waals surface area contributed by atoms with E-state index in [1.807, 2.05) is 88.4 Å². The van der Waals surface area contributed by atoms with Crippen molar-refractivity contribution in [3.8, 4) is 17.2 Å². The van der Waals surface area contributed by atoms with Gasteiger partial charge in [-0.05, 0) is 75.2 Å². The molecule has 11 heteroatoms. The Labute approximate surface area is 289 Å². The lowest BCUT2D eigenvalue weighted by molar-refractivity contribution is -0.140. The summed E-state index contributed by atoms with van der Waals surface area (Å²) >= 11 is 0. The zero-order valence-electron chi connectivity index (χ0n) is 28.9. The van der Waals surface area contributed by atoms with Crippen LogP contribution in [0.15, 0.2) is 108 Å². The number of nitrogens with zero attached hydrogens (tertiary/aromatic N) is 2. The number of nitrogens with one attached hydrogen (secondary N) is 1. The van der Waals surface area contributed by atoms with Crippen LogP contribution in [0, 0.1) is 0 Å². The number of hydrogen-bond donors (Lipinski definition) is 1. The Kier molecular flexibility index (Phi) is 12.3. The van der Waals surface area contributed by atoms with Gasteiger partial charge < -0.3 is 24.4 Å². The molecule has 0 aliphatic carbocycles. The van der Waals surface area contributed by atoms with Gasteiger partial charge in [-0.15, -0.1) is 0 Å². The molecule has 4 aromatic carbocycles. The molecule has 10 nitrogen and oxygen atoms in total. The van der Waals surface area contributed by atoms with Gasteiger partial charge in [0.25, 0.3) is 10.0 Å². The van der Waals surface area contributed by atoms with E-state index in [0.29, 0.717) is 18.1 Å². The number of ether oxygens (including phenoxy) is 3. The predicted octanol–water partition coefficient (Wildman–Crippen LogP) is 5.85. The number of methoxy groups -OCH3 is 2. The Morgan fingerprint density at radius 3 is 1.94 bits per heavy atom. The van der Waals surface area contributed by atoms with E-state index in [-0.39, 0.29) is 35.2 Å². The van der Waals surface area contributed by atoms with Crippen molar-refractivity contribution in [1.82, 2.24) is 10.2 Å². The van der Waals surface area contributed by atoms with E-state index in [1.54, 1.807) is 24.3 Å². The van der Waals surface area contributed by atoms with Crippen LogP contribution in [0.5, 0.6) is 17.2 Å². The molecule has 49 heavy (non-hydrogen) atoms. The summed E-state index contributed by atoms with van der Waals surface area (Å²) in [4.78, 5) is 30.1. The van der Waals surface area contributed by atoms with Crippen LogP contribution in [0.1, 0.15) is 38.8 Å². The quantitative estimate of drug-likeness (QED) is 0.167. The largest absolute Gasteiger partial charge is 0.494 e. The third-order valence-corrected chi connectivity index (χ3v) is 9.39. The van der Waals surface area contributed by atoms with Crippen LogP contribution in [0.2, 0.25) is 0 Å². The van der Waals surface area contributed by atoms with Crippen LogP contribution in [-0.2, 0) is 32.6 Å². The molecule has 0 unspecified atom stereocenters. The van der Waals surface area contributed by atoms with Crippen molar-refractivity contribution in [2.24, 2.45) is 0 Å². The summed E-state index contributed by atoms with van der Waals surface area (Å²) in [5.74, 6) is 0.207. The monoisotopic (exact) mass is 687 g/mol. The lowest BCUT2D eigenvalue weighted by Crippen LogP contribution is -2.56. The Hall–Kier alpha value is -5.03. The molecule has 4 aromatic rings. The molecule has 260 valence electrons. The number of sulfonamides is 1. The molecule has 0 aromatic heterocycles. The second-order valence-corrected chi connectivity index (χ2v) is 14.3. The minimum Gasteiger partial charge on any atom is -0.494 e. The fourth-order valence-corrected chi connectivity index (χ4v) is 6.73. The first kappa shape index (κ1) is 36.8. The number of anilines is 1. The molecule has 0 heterocycles.